The molecule has 0 aliphatic carbocycles. The summed E-state index contributed by atoms with van der Waals surface area (Å²) in [4.78, 5) is 24.3. The third kappa shape index (κ3) is 5.80. The van der Waals surface area contributed by atoms with Crippen molar-refractivity contribution >= 4 is 28.9 Å². The lowest BCUT2D eigenvalue weighted by atomic mass is 10.2. The van der Waals surface area contributed by atoms with Crippen LogP contribution in [-0.2, 0) is 4.79 Å². The molecule has 7 heteroatoms. The van der Waals surface area contributed by atoms with Crippen molar-refractivity contribution in [3.63, 3.8) is 0 Å². The van der Waals surface area contributed by atoms with Crippen LogP contribution in [0.4, 0.5) is 21.5 Å². The first kappa shape index (κ1) is 19.9. The molecule has 0 heterocycles. The van der Waals surface area contributed by atoms with Crippen LogP contribution in [0.5, 0.6) is 5.75 Å². The van der Waals surface area contributed by atoms with Crippen LogP contribution >= 0.6 is 0 Å². The fraction of sp³-hybridized carbons (Fsp3) is 0.0909. The zero-order valence-electron chi connectivity index (χ0n) is 15.7. The predicted octanol–water partition coefficient (Wildman–Crippen LogP) is 4.14. The Kier molecular flexibility index (Phi) is 6.42. The minimum absolute atomic E-state index is 0.00784. The number of halogens is 1. The van der Waals surface area contributed by atoms with E-state index in [1.165, 1.54) is 18.2 Å². The molecule has 2 amide bonds. The number of methoxy groups -OCH3 is 1. The third-order valence-corrected chi connectivity index (χ3v) is 4.06. The van der Waals surface area contributed by atoms with Crippen LogP contribution in [0, 0.1) is 5.82 Å². The summed E-state index contributed by atoms with van der Waals surface area (Å²) in [7, 11) is 1.58. The Morgan fingerprint density at radius 3 is 2.21 bits per heavy atom. The van der Waals surface area contributed by atoms with Crippen molar-refractivity contribution in [2.75, 3.05) is 29.6 Å². The molecule has 29 heavy (non-hydrogen) atoms. The summed E-state index contributed by atoms with van der Waals surface area (Å²) in [5.41, 5.74) is 2.21. The van der Waals surface area contributed by atoms with Gasteiger partial charge in [-0.15, -0.1) is 0 Å². The molecule has 148 valence electrons. The van der Waals surface area contributed by atoms with Crippen LogP contribution in [0.25, 0.3) is 0 Å². The van der Waals surface area contributed by atoms with Crippen molar-refractivity contribution in [2.45, 2.75) is 0 Å². The number of anilines is 3. The molecule has 6 nitrogen and oxygen atoms in total. The molecule has 0 saturated carbocycles. The Labute approximate surface area is 167 Å². The van der Waals surface area contributed by atoms with Crippen LogP contribution < -0.4 is 20.7 Å². The smallest absolute Gasteiger partial charge is 0.255 e. The van der Waals surface area contributed by atoms with Crippen LogP contribution in [0.2, 0.25) is 0 Å². The van der Waals surface area contributed by atoms with E-state index in [1.54, 1.807) is 61.7 Å². The van der Waals surface area contributed by atoms with E-state index < -0.39 is 5.82 Å². The number of carbonyl (C=O) groups is 2. The van der Waals surface area contributed by atoms with E-state index in [0.29, 0.717) is 28.4 Å². The van der Waals surface area contributed by atoms with Crippen LogP contribution in [-0.4, -0.2) is 25.5 Å². The van der Waals surface area contributed by atoms with Gasteiger partial charge in [-0.25, -0.2) is 4.39 Å². The minimum atomic E-state index is -0.417. The monoisotopic (exact) mass is 393 g/mol. The van der Waals surface area contributed by atoms with E-state index in [2.05, 4.69) is 16.0 Å². The Morgan fingerprint density at radius 2 is 1.55 bits per heavy atom. The van der Waals surface area contributed by atoms with Crippen molar-refractivity contribution in [3.05, 3.63) is 84.2 Å². The first-order chi connectivity index (χ1) is 14.0. The lowest BCUT2D eigenvalue weighted by Crippen LogP contribution is -2.21. The summed E-state index contributed by atoms with van der Waals surface area (Å²) < 4.78 is 18.2. The maximum atomic E-state index is 13.1. The molecule has 3 N–H and O–H groups in total. The number of benzene rings is 3. The van der Waals surface area contributed by atoms with Crippen molar-refractivity contribution in [3.8, 4) is 5.75 Å². The number of carbonyl (C=O) groups excluding carboxylic acids is 2. The van der Waals surface area contributed by atoms with Gasteiger partial charge in [-0.1, -0.05) is 6.07 Å². The van der Waals surface area contributed by atoms with E-state index in [-0.39, 0.29) is 18.4 Å². The average molecular weight is 393 g/mol. The zero-order valence-corrected chi connectivity index (χ0v) is 15.7. The van der Waals surface area contributed by atoms with Gasteiger partial charge in [0.05, 0.1) is 13.7 Å². The average Bonchev–Trinajstić information content (AvgIpc) is 2.73. The van der Waals surface area contributed by atoms with Gasteiger partial charge in [-0.2, -0.15) is 0 Å². The minimum Gasteiger partial charge on any atom is -0.497 e. The molecule has 0 fully saturated rings. The number of rotatable bonds is 7. The van der Waals surface area contributed by atoms with Crippen molar-refractivity contribution in [2.24, 2.45) is 0 Å². The van der Waals surface area contributed by atoms with E-state index in [4.69, 9.17) is 4.74 Å². The molecule has 0 spiro atoms. The zero-order chi connectivity index (χ0) is 20.6. The molecule has 3 rings (SSSR count). The molecular formula is C22H20FN3O3. The van der Waals surface area contributed by atoms with Gasteiger partial charge >= 0.3 is 0 Å². The first-order valence-electron chi connectivity index (χ1n) is 8.88. The number of hydrogen-bond acceptors (Lipinski definition) is 4. The van der Waals surface area contributed by atoms with Gasteiger partial charge in [0.25, 0.3) is 5.91 Å². The molecular weight excluding hydrogens is 373 g/mol. The van der Waals surface area contributed by atoms with Crippen LogP contribution in [0.15, 0.2) is 72.8 Å². The molecule has 0 aliphatic heterocycles. The summed E-state index contributed by atoms with van der Waals surface area (Å²) in [5.74, 6) is -0.262. The SMILES string of the molecule is COc1ccc(NC(=O)c2ccc(NCC(=O)Nc3cccc(F)c3)cc2)cc1. The molecule has 0 atom stereocenters. The second kappa shape index (κ2) is 9.36. The molecule has 3 aromatic carbocycles. The van der Waals surface area contributed by atoms with Crippen LogP contribution in [0.1, 0.15) is 10.4 Å². The van der Waals surface area contributed by atoms with Crippen molar-refractivity contribution in [1.82, 2.24) is 0 Å². The van der Waals surface area contributed by atoms with Gasteiger partial charge in [0, 0.05) is 22.6 Å². The molecule has 0 radical (unpaired) electrons. The lowest BCUT2D eigenvalue weighted by molar-refractivity contribution is -0.114. The molecule has 3 aromatic rings. The number of hydrogen-bond donors (Lipinski definition) is 3. The highest BCUT2D eigenvalue weighted by molar-refractivity contribution is 6.04. The lowest BCUT2D eigenvalue weighted by Gasteiger charge is -2.09. The van der Waals surface area contributed by atoms with Crippen molar-refractivity contribution in [1.29, 1.82) is 0 Å². The van der Waals surface area contributed by atoms with Crippen molar-refractivity contribution < 1.29 is 18.7 Å². The second-order valence-electron chi connectivity index (χ2n) is 6.17. The number of amides is 2. The molecule has 0 aliphatic rings. The molecule has 0 aromatic heterocycles. The largest absolute Gasteiger partial charge is 0.497 e. The highest BCUT2D eigenvalue weighted by Crippen LogP contribution is 2.17. The Hall–Kier alpha value is -3.87. The third-order valence-electron chi connectivity index (χ3n) is 4.06. The summed E-state index contributed by atoms with van der Waals surface area (Å²) in [6, 6.07) is 19.4. The fourth-order valence-electron chi connectivity index (χ4n) is 2.57. The Morgan fingerprint density at radius 1 is 0.862 bits per heavy atom. The molecule has 0 bridgehead atoms. The topological polar surface area (TPSA) is 79.5 Å². The van der Waals surface area contributed by atoms with Gasteiger partial charge in [-0.05, 0) is 66.7 Å². The quantitative estimate of drug-likeness (QED) is 0.564. The van der Waals surface area contributed by atoms with E-state index >= 15 is 0 Å². The standard InChI is InChI=1S/C22H20FN3O3/c1-29-20-11-9-18(10-12-20)26-22(28)15-5-7-17(8-6-15)24-14-21(27)25-19-4-2-3-16(23)13-19/h2-13,24H,14H2,1H3,(H,25,27)(H,26,28). The fourth-order valence-corrected chi connectivity index (χ4v) is 2.57. The van der Waals surface area contributed by atoms with Crippen LogP contribution in [0.3, 0.4) is 0 Å². The number of ether oxygens (including phenoxy) is 1. The highest BCUT2D eigenvalue weighted by atomic mass is 19.1. The Bertz CT molecular complexity index is 989. The van der Waals surface area contributed by atoms with Gasteiger partial charge in [0.1, 0.15) is 11.6 Å². The second-order valence-corrected chi connectivity index (χ2v) is 6.17. The Balaban J connectivity index is 1.51. The molecule has 0 unspecified atom stereocenters. The van der Waals surface area contributed by atoms with E-state index in [0.717, 1.165) is 0 Å². The summed E-state index contributed by atoms with van der Waals surface area (Å²) >= 11 is 0. The predicted molar refractivity (Wildman–Crippen MR) is 111 cm³/mol. The van der Waals surface area contributed by atoms with E-state index in [1.807, 2.05) is 0 Å². The summed E-state index contributed by atoms with van der Waals surface area (Å²) in [6.07, 6.45) is 0. The van der Waals surface area contributed by atoms with Gasteiger partial charge in [-0.3, -0.25) is 9.59 Å². The summed E-state index contributed by atoms with van der Waals surface area (Å²) in [5, 5.41) is 8.36. The van der Waals surface area contributed by atoms with Gasteiger partial charge in [0.2, 0.25) is 5.91 Å². The highest BCUT2D eigenvalue weighted by Gasteiger charge is 2.07. The van der Waals surface area contributed by atoms with Gasteiger partial charge in [0.15, 0.2) is 0 Å². The van der Waals surface area contributed by atoms with E-state index in [9.17, 15) is 14.0 Å². The summed E-state index contributed by atoms with van der Waals surface area (Å²) in [6.45, 7) is 0.00784. The van der Waals surface area contributed by atoms with Gasteiger partial charge < -0.3 is 20.7 Å². The number of nitrogens with one attached hydrogen (secondary N) is 3. The maximum absolute atomic E-state index is 13.1. The maximum Gasteiger partial charge on any atom is 0.255 e. The first-order valence-corrected chi connectivity index (χ1v) is 8.88. The normalized spacial score (nSPS) is 10.1. The molecule has 0 saturated heterocycles.